The van der Waals surface area contributed by atoms with Gasteiger partial charge in [0.05, 0.1) is 12.3 Å². The number of hydrogen-bond acceptors (Lipinski definition) is 4. The van der Waals surface area contributed by atoms with Crippen LogP contribution in [-0.4, -0.2) is 41.1 Å². The van der Waals surface area contributed by atoms with Crippen LogP contribution in [0.15, 0.2) is 30.5 Å². The molecule has 1 atom stereocenters. The van der Waals surface area contributed by atoms with Crippen molar-refractivity contribution in [3.05, 3.63) is 53.4 Å². The molecule has 4 rings (SSSR count). The number of hydrogen-bond donors (Lipinski definition) is 0. The lowest BCUT2D eigenvalue weighted by atomic mass is 9.77. The lowest BCUT2D eigenvalue weighted by Gasteiger charge is -2.40. The van der Waals surface area contributed by atoms with Crippen LogP contribution < -0.4 is 4.74 Å². The summed E-state index contributed by atoms with van der Waals surface area (Å²) in [5, 5.41) is 0. The molecule has 1 fully saturated rings. The molecule has 0 amide bonds. The molecule has 1 aliphatic carbocycles. The van der Waals surface area contributed by atoms with E-state index >= 15 is 0 Å². The van der Waals surface area contributed by atoms with Crippen LogP contribution in [0.5, 0.6) is 5.75 Å². The Balaban J connectivity index is 1.32. The van der Waals surface area contributed by atoms with Crippen LogP contribution in [0.25, 0.3) is 0 Å². The van der Waals surface area contributed by atoms with Crippen molar-refractivity contribution >= 4 is 0 Å². The first-order chi connectivity index (χ1) is 12.6. The van der Waals surface area contributed by atoms with Gasteiger partial charge in [0.25, 0.3) is 0 Å². The van der Waals surface area contributed by atoms with E-state index in [1.54, 1.807) is 12.1 Å². The molecule has 4 nitrogen and oxygen atoms in total. The van der Waals surface area contributed by atoms with Crippen molar-refractivity contribution in [1.29, 1.82) is 0 Å². The summed E-state index contributed by atoms with van der Waals surface area (Å²) < 4.78 is 18.6. The maximum absolute atomic E-state index is 12.9. The Hall–Kier alpha value is -2.01. The van der Waals surface area contributed by atoms with Gasteiger partial charge in [0.2, 0.25) is 0 Å². The van der Waals surface area contributed by atoms with Gasteiger partial charge in [-0.2, -0.15) is 0 Å². The van der Waals surface area contributed by atoms with Gasteiger partial charge in [-0.3, -0.25) is 0 Å². The van der Waals surface area contributed by atoms with E-state index < -0.39 is 0 Å². The number of aryl methyl sites for hydroxylation is 2. The van der Waals surface area contributed by atoms with Crippen molar-refractivity contribution in [2.75, 3.05) is 26.2 Å². The summed E-state index contributed by atoms with van der Waals surface area (Å²) >= 11 is 0. The van der Waals surface area contributed by atoms with Crippen LogP contribution in [-0.2, 0) is 11.8 Å². The van der Waals surface area contributed by atoms with Crippen LogP contribution in [0.3, 0.4) is 0 Å². The standard InChI is InChI=1S/C21H26FN3O/c1-16-23-14-17-8-10-21(20(17)24-16)9-2-11-25(15-21)12-3-13-26-19-6-4-18(22)5-7-19/h4-7,14H,2-3,8-13,15H2,1H3. The average molecular weight is 355 g/mol. The van der Waals surface area contributed by atoms with E-state index in [0.717, 1.165) is 44.0 Å². The number of piperidine rings is 1. The minimum absolute atomic E-state index is 0.221. The van der Waals surface area contributed by atoms with E-state index in [9.17, 15) is 4.39 Å². The highest BCUT2D eigenvalue weighted by molar-refractivity contribution is 5.33. The van der Waals surface area contributed by atoms with E-state index in [-0.39, 0.29) is 11.2 Å². The summed E-state index contributed by atoms with van der Waals surface area (Å²) in [6, 6.07) is 6.24. The molecule has 0 saturated carbocycles. The third kappa shape index (κ3) is 3.58. The van der Waals surface area contributed by atoms with Crippen molar-refractivity contribution in [3.63, 3.8) is 0 Å². The quantitative estimate of drug-likeness (QED) is 0.767. The second-order valence-electron chi connectivity index (χ2n) is 7.61. The van der Waals surface area contributed by atoms with E-state index in [1.807, 2.05) is 13.1 Å². The molecule has 26 heavy (non-hydrogen) atoms. The number of aromatic nitrogens is 2. The number of ether oxygens (including phenoxy) is 1. The molecule has 1 spiro atoms. The highest BCUT2D eigenvalue weighted by Crippen LogP contribution is 2.43. The molecule has 1 aromatic heterocycles. The number of benzene rings is 1. The molecule has 0 radical (unpaired) electrons. The summed E-state index contributed by atoms with van der Waals surface area (Å²) in [5.41, 5.74) is 2.87. The second-order valence-corrected chi connectivity index (χ2v) is 7.61. The smallest absolute Gasteiger partial charge is 0.125 e. The van der Waals surface area contributed by atoms with Crippen LogP contribution in [0.4, 0.5) is 4.39 Å². The molecule has 2 aromatic rings. The van der Waals surface area contributed by atoms with Crippen molar-refractivity contribution in [2.24, 2.45) is 0 Å². The van der Waals surface area contributed by atoms with E-state index in [2.05, 4.69) is 9.88 Å². The van der Waals surface area contributed by atoms with Gasteiger partial charge in [-0.25, -0.2) is 14.4 Å². The Labute approximate surface area is 154 Å². The zero-order chi connectivity index (χ0) is 18.0. The normalized spacial score (nSPS) is 22.5. The number of rotatable bonds is 5. The van der Waals surface area contributed by atoms with Gasteiger partial charge in [-0.15, -0.1) is 0 Å². The predicted molar refractivity (Wildman–Crippen MR) is 99.0 cm³/mol. The average Bonchev–Trinajstić information content (AvgIpc) is 2.98. The first-order valence-corrected chi connectivity index (χ1v) is 9.58. The Bertz CT molecular complexity index is 760. The minimum atomic E-state index is -0.230. The van der Waals surface area contributed by atoms with Crippen LogP contribution in [0.2, 0.25) is 0 Å². The number of fused-ring (bicyclic) bond motifs is 2. The fourth-order valence-electron chi connectivity index (χ4n) is 4.45. The second kappa shape index (κ2) is 7.31. The zero-order valence-corrected chi connectivity index (χ0v) is 15.4. The fraction of sp³-hybridized carbons (Fsp3) is 0.524. The first-order valence-electron chi connectivity index (χ1n) is 9.58. The van der Waals surface area contributed by atoms with Gasteiger partial charge >= 0.3 is 0 Å². The topological polar surface area (TPSA) is 38.2 Å². The van der Waals surface area contributed by atoms with Gasteiger partial charge in [-0.1, -0.05) is 0 Å². The zero-order valence-electron chi connectivity index (χ0n) is 15.4. The van der Waals surface area contributed by atoms with Crippen LogP contribution >= 0.6 is 0 Å². The Kier molecular flexibility index (Phi) is 4.90. The Morgan fingerprint density at radius 3 is 2.92 bits per heavy atom. The first kappa shape index (κ1) is 17.4. The van der Waals surface area contributed by atoms with Gasteiger partial charge in [0.15, 0.2) is 0 Å². The summed E-state index contributed by atoms with van der Waals surface area (Å²) in [6.45, 7) is 5.92. The van der Waals surface area contributed by atoms with Gasteiger partial charge < -0.3 is 9.64 Å². The van der Waals surface area contributed by atoms with Crippen molar-refractivity contribution in [3.8, 4) is 5.75 Å². The van der Waals surface area contributed by atoms with Crippen LogP contribution in [0, 0.1) is 12.7 Å². The highest BCUT2D eigenvalue weighted by Gasteiger charge is 2.43. The Morgan fingerprint density at radius 2 is 2.08 bits per heavy atom. The summed E-state index contributed by atoms with van der Waals surface area (Å²) in [4.78, 5) is 11.8. The summed E-state index contributed by atoms with van der Waals surface area (Å²) in [6.07, 6.45) is 7.77. The van der Waals surface area contributed by atoms with Gasteiger partial charge in [0, 0.05) is 24.7 Å². The number of likely N-dealkylation sites (tertiary alicyclic amines) is 1. The van der Waals surface area contributed by atoms with Gasteiger partial charge in [0.1, 0.15) is 17.4 Å². The van der Waals surface area contributed by atoms with Crippen molar-refractivity contribution < 1.29 is 9.13 Å². The largest absolute Gasteiger partial charge is 0.494 e. The summed E-state index contributed by atoms with van der Waals surface area (Å²) in [5.74, 6) is 1.39. The van der Waals surface area contributed by atoms with E-state index in [1.165, 1.54) is 42.7 Å². The molecule has 138 valence electrons. The molecule has 1 unspecified atom stereocenters. The summed E-state index contributed by atoms with van der Waals surface area (Å²) in [7, 11) is 0. The monoisotopic (exact) mass is 355 g/mol. The lowest BCUT2D eigenvalue weighted by Crippen LogP contribution is -2.45. The van der Waals surface area contributed by atoms with Crippen molar-refractivity contribution in [1.82, 2.24) is 14.9 Å². The lowest BCUT2D eigenvalue weighted by molar-refractivity contribution is 0.134. The van der Waals surface area contributed by atoms with Crippen LogP contribution in [0.1, 0.15) is 42.8 Å². The van der Waals surface area contributed by atoms with E-state index in [4.69, 9.17) is 9.72 Å². The predicted octanol–water partition coefficient (Wildman–Crippen LogP) is 3.67. The van der Waals surface area contributed by atoms with Crippen molar-refractivity contribution in [2.45, 2.75) is 44.4 Å². The molecule has 1 aliphatic heterocycles. The third-order valence-electron chi connectivity index (χ3n) is 5.72. The molecule has 2 heterocycles. The molecule has 0 bridgehead atoms. The molecule has 2 aliphatic rings. The highest BCUT2D eigenvalue weighted by atomic mass is 19.1. The molecular weight excluding hydrogens is 329 g/mol. The fourth-order valence-corrected chi connectivity index (χ4v) is 4.45. The molecular formula is C21H26FN3O. The molecule has 1 saturated heterocycles. The molecule has 0 N–H and O–H groups in total. The van der Waals surface area contributed by atoms with E-state index in [0.29, 0.717) is 6.61 Å². The SMILES string of the molecule is Cc1ncc2c(n1)C1(CCCN(CCCOc3ccc(F)cc3)C1)CC2. The third-order valence-corrected chi connectivity index (χ3v) is 5.72. The number of halogens is 1. The number of nitrogens with zero attached hydrogens (tertiary/aromatic N) is 3. The van der Waals surface area contributed by atoms with Gasteiger partial charge in [-0.05, 0) is 75.4 Å². The minimum Gasteiger partial charge on any atom is -0.494 e. The molecule has 5 heteroatoms. The molecule has 1 aromatic carbocycles. The maximum atomic E-state index is 12.9. The maximum Gasteiger partial charge on any atom is 0.125 e. The Morgan fingerprint density at radius 1 is 1.23 bits per heavy atom.